The van der Waals surface area contributed by atoms with Gasteiger partial charge in [0.05, 0.1) is 12.7 Å². The van der Waals surface area contributed by atoms with Crippen LogP contribution >= 0.6 is 0 Å². The predicted octanol–water partition coefficient (Wildman–Crippen LogP) is 5.70. The maximum atomic E-state index is 13.4. The van der Waals surface area contributed by atoms with Crippen LogP contribution in [0.25, 0.3) is 0 Å². The van der Waals surface area contributed by atoms with Gasteiger partial charge in [0.1, 0.15) is 24.7 Å². The van der Waals surface area contributed by atoms with E-state index in [1.807, 2.05) is 32.9 Å². The molecule has 0 fully saturated rings. The summed E-state index contributed by atoms with van der Waals surface area (Å²) in [5.41, 5.74) is 2.70. The van der Waals surface area contributed by atoms with Crippen molar-refractivity contribution in [2.45, 2.75) is 71.3 Å². The summed E-state index contributed by atoms with van der Waals surface area (Å²) >= 11 is 0. The van der Waals surface area contributed by atoms with Crippen LogP contribution in [0, 0.1) is 5.92 Å². The van der Waals surface area contributed by atoms with Gasteiger partial charge in [-0.2, -0.15) is 0 Å². The number of allylic oxidation sites excluding steroid dienone is 1. The lowest BCUT2D eigenvalue weighted by Gasteiger charge is -2.29. The first kappa shape index (κ1) is 29.1. The molecule has 0 bridgehead atoms. The Bertz CT molecular complexity index is 1020. The van der Waals surface area contributed by atoms with E-state index >= 15 is 0 Å². The van der Waals surface area contributed by atoms with Crippen molar-refractivity contribution in [2.24, 2.45) is 11.1 Å². The number of nitrogens with zero attached hydrogens (tertiary/aromatic N) is 1. The van der Waals surface area contributed by atoms with E-state index in [4.69, 9.17) is 14.3 Å². The minimum absolute atomic E-state index is 0.112. The summed E-state index contributed by atoms with van der Waals surface area (Å²) in [6.45, 7) is 8.22. The van der Waals surface area contributed by atoms with Crippen molar-refractivity contribution in [1.82, 2.24) is 0 Å². The van der Waals surface area contributed by atoms with E-state index in [0.29, 0.717) is 17.2 Å². The van der Waals surface area contributed by atoms with Gasteiger partial charge in [-0.05, 0) is 53.2 Å². The number of carboxylic acid groups (broad SMARTS) is 1. The standard InChI is InChI=1S/C28H40N2O6/c1-8-9-10-11-18(20-16-23(30-36-7)25(35-6)17-24(20)34-5)15-26(31)29-22-14-19(27(32)33)12-13-21(22)28(2,3)4/h12-14,16-18,24H,8-11,15H2,1-7H3,(H,29,31)(H,32,33)/b30-23+. The van der Waals surface area contributed by atoms with E-state index in [1.54, 1.807) is 26.4 Å². The van der Waals surface area contributed by atoms with Gasteiger partial charge >= 0.3 is 5.97 Å². The highest BCUT2D eigenvalue weighted by Gasteiger charge is 2.30. The lowest BCUT2D eigenvalue weighted by molar-refractivity contribution is -0.117. The Morgan fingerprint density at radius 1 is 1.17 bits per heavy atom. The van der Waals surface area contributed by atoms with Crippen molar-refractivity contribution in [1.29, 1.82) is 0 Å². The number of carbonyl (C=O) groups excluding carboxylic acids is 1. The van der Waals surface area contributed by atoms with Crippen molar-refractivity contribution in [3.63, 3.8) is 0 Å². The number of ether oxygens (including phenoxy) is 2. The number of rotatable bonds is 12. The average molecular weight is 501 g/mol. The molecule has 2 N–H and O–H groups in total. The predicted molar refractivity (Wildman–Crippen MR) is 141 cm³/mol. The van der Waals surface area contributed by atoms with Gasteiger partial charge in [-0.15, -0.1) is 0 Å². The van der Waals surface area contributed by atoms with E-state index in [2.05, 4.69) is 17.4 Å². The highest BCUT2D eigenvalue weighted by molar-refractivity contribution is 6.08. The summed E-state index contributed by atoms with van der Waals surface area (Å²) in [4.78, 5) is 29.9. The molecule has 0 spiro atoms. The number of carboxylic acids is 1. The highest BCUT2D eigenvalue weighted by Crippen LogP contribution is 2.34. The second-order valence-electron chi connectivity index (χ2n) is 9.96. The number of methoxy groups -OCH3 is 2. The van der Waals surface area contributed by atoms with Crippen LogP contribution in [0.1, 0.15) is 75.7 Å². The molecule has 8 heteroatoms. The minimum atomic E-state index is -1.04. The maximum absolute atomic E-state index is 13.4. The van der Waals surface area contributed by atoms with Crippen LogP contribution in [0.2, 0.25) is 0 Å². The zero-order chi connectivity index (χ0) is 26.9. The van der Waals surface area contributed by atoms with Gasteiger partial charge in [0.25, 0.3) is 0 Å². The number of amides is 1. The first-order valence-corrected chi connectivity index (χ1v) is 12.3. The molecule has 0 saturated heterocycles. The molecule has 0 heterocycles. The largest absolute Gasteiger partial charge is 0.495 e. The molecule has 1 aromatic carbocycles. The summed E-state index contributed by atoms with van der Waals surface area (Å²) in [5, 5.41) is 16.5. The molecule has 8 nitrogen and oxygen atoms in total. The van der Waals surface area contributed by atoms with Crippen LogP contribution in [-0.4, -0.2) is 50.1 Å². The summed E-state index contributed by atoms with van der Waals surface area (Å²) in [5.74, 6) is -0.792. The van der Waals surface area contributed by atoms with Gasteiger partial charge in [-0.3, -0.25) is 4.79 Å². The molecule has 0 aliphatic heterocycles. The number of anilines is 1. The second-order valence-corrected chi connectivity index (χ2v) is 9.96. The van der Waals surface area contributed by atoms with Gasteiger partial charge < -0.3 is 24.7 Å². The van der Waals surface area contributed by atoms with Crippen molar-refractivity contribution < 1.29 is 29.0 Å². The summed E-state index contributed by atoms with van der Waals surface area (Å²) < 4.78 is 11.2. The molecule has 1 aliphatic rings. The average Bonchev–Trinajstić information content (AvgIpc) is 2.82. The van der Waals surface area contributed by atoms with Crippen molar-refractivity contribution >= 4 is 23.3 Å². The maximum Gasteiger partial charge on any atom is 0.335 e. The van der Waals surface area contributed by atoms with Crippen LogP contribution < -0.4 is 5.32 Å². The molecule has 0 radical (unpaired) electrons. The van der Waals surface area contributed by atoms with Gasteiger partial charge in [0, 0.05) is 19.2 Å². The Morgan fingerprint density at radius 3 is 2.44 bits per heavy atom. The molecule has 1 aliphatic carbocycles. The van der Waals surface area contributed by atoms with E-state index in [1.165, 1.54) is 13.2 Å². The third-order valence-electron chi connectivity index (χ3n) is 6.26. The Morgan fingerprint density at radius 2 is 1.89 bits per heavy atom. The van der Waals surface area contributed by atoms with Gasteiger partial charge in [-0.25, -0.2) is 4.79 Å². The molecule has 1 amide bonds. The number of hydrogen-bond acceptors (Lipinski definition) is 6. The van der Waals surface area contributed by atoms with E-state index < -0.39 is 5.97 Å². The zero-order valence-electron chi connectivity index (χ0n) is 22.5. The van der Waals surface area contributed by atoms with Crippen LogP contribution in [0.5, 0.6) is 0 Å². The van der Waals surface area contributed by atoms with E-state index in [9.17, 15) is 14.7 Å². The minimum Gasteiger partial charge on any atom is -0.495 e. The smallest absolute Gasteiger partial charge is 0.335 e. The van der Waals surface area contributed by atoms with Gasteiger partial charge in [0.15, 0.2) is 0 Å². The number of aromatic carboxylic acids is 1. The molecule has 0 aromatic heterocycles. The monoisotopic (exact) mass is 500 g/mol. The third kappa shape index (κ3) is 7.68. The zero-order valence-corrected chi connectivity index (χ0v) is 22.5. The van der Waals surface area contributed by atoms with Crippen LogP contribution in [0.15, 0.2) is 46.8 Å². The molecular formula is C28H40N2O6. The number of nitrogens with one attached hydrogen (secondary N) is 1. The fraction of sp³-hybridized carbons (Fsp3) is 0.536. The normalized spacial score (nSPS) is 17.8. The SMILES string of the molecule is CCCCCC(CC(=O)Nc1cc(C(=O)O)ccc1C(C)(C)C)C1=C/C(=N\OC)C(OC)=CC1OC. The number of hydrogen-bond donors (Lipinski definition) is 2. The molecule has 36 heavy (non-hydrogen) atoms. The topological polar surface area (TPSA) is 106 Å². The Kier molecular flexibility index (Phi) is 10.7. The van der Waals surface area contributed by atoms with Crippen molar-refractivity contribution in [2.75, 3.05) is 26.6 Å². The molecule has 0 saturated carbocycles. The highest BCUT2D eigenvalue weighted by atomic mass is 16.6. The first-order chi connectivity index (χ1) is 17.0. The van der Waals surface area contributed by atoms with Crippen LogP contribution in [0.3, 0.4) is 0 Å². The van der Waals surface area contributed by atoms with E-state index in [0.717, 1.165) is 36.8 Å². The quantitative estimate of drug-likeness (QED) is 0.282. The Balaban J connectivity index is 2.39. The molecule has 1 aromatic rings. The first-order valence-electron chi connectivity index (χ1n) is 12.3. The second kappa shape index (κ2) is 13.3. The summed E-state index contributed by atoms with van der Waals surface area (Å²) in [6.07, 6.45) is 7.44. The lowest BCUT2D eigenvalue weighted by Crippen LogP contribution is -2.28. The number of oxime groups is 1. The molecule has 2 atom stereocenters. The Hall–Kier alpha value is -3.13. The fourth-order valence-corrected chi connectivity index (χ4v) is 4.41. The lowest BCUT2D eigenvalue weighted by atomic mass is 9.83. The summed E-state index contributed by atoms with van der Waals surface area (Å²) in [6, 6.07) is 4.87. The van der Waals surface area contributed by atoms with Crippen LogP contribution in [0.4, 0.5) is 5.69 Å². The Labute approximate surface area is 214 Å². The van der Waals surface area contributed by atoms with Gasteiger partial charge in [-0.1, -0.05) is 58.2 Å². The summed E-state index contributed by atoms with van der Waals surface area (Å²) in [7, 11) is 4.66. The van der Waals surface area contributed by atoms with Crippen molar-refractivity contribution in [3.05, 3.63) is 52.8 Å². The van der Waals surface area contributed by atoms with Crippen LogP contribution in [-0.2, 0) is 24.5 Å². The van der Waals surface area contributed by atoms with Gasteiger partial charge in [0.2, 0.25) is 5.91 Å². The number of benzene rings is 1. The van der Waals surface area contributed by atoms with Crippen molar-refractivity contribution in [3.8, 4) is 0 Å². The molecule has 2 unspecified atom stereocenters. The third-order valence-corrected chi connectivity index (χ3v) is 6.26. The number of unbranched alkanes of at least 4 members (excludes halogenated alkanes) is 2. The molecule has 2 rings (SSSR count). The molecular weight excluding hydrogens is 460 g/mol. The molecule has 198 valence electrons. The van der Waals surface area contributed by atoms with E-state index in [-0.39, 0.29) is 35.3 Å². The number of carbonyl (C=O) groups is 2. The fourth-order valence-electron chi connectivity index (χ4n) is 4.41.